The van der Waals surface area contributed by atoms with Crippen LogP contribution in [0, 0.1) is 0 Å². The number of nitrogens with one attached hydrogen (secondary N) is 1. The van der Waals surface area contributed by atoms with Crippen LogP contribution in [0.1, 0.15) is 5.69 Å². The highest BCUT2D eigenvalue weighted by atomic mass is 16.5. The number of anilines is 1. The summed E-state index contributed by atoms with van der Waals surface area (Å²) in [5, 5.41) is 3.04. The molecule has 0 aromatic carbocycles. The Morgan fingerprint density at radius 3 is 2.44 bits per heavy atom. The van der Waals surface area contributed by atoms with Gasteiger partial charge in [0.05, 0.1) is 32.5 Å². The largest absolute Gasteiger partial charge is 0.481 e. The lowest BCUT2D eigenvalue weighted by Gasteiger charge is -2.07. The molecule has 0 aliphatic heterocycles. The third-order valence-corrected chi connectivity index (χ3v) is 2.17. The number of rotatable bonds is 5. The Hall–Kier alpha value is -2.44. The summed E-state index contributed by atoms with van der Waals surface area (Å²) < 4.78 is 10.1. The molecule has 1 N–H and O–H groups in total. The maximum atomic E-state index is 5.05. The van der Waals surface area contributed by atoms with E-state index in [9.17, 15) is 0 Å². The second kappa shape index (κ2) is 5.76. The fourth-order valence-corrected chi connectivity index (χ4v) is 1.28. The van der Waals surface area contributed by atoms with Gasteiger partial charge in [0.2, 0.25) is 17.7 Å². The van der Waals surface area contributed by atoms with Crippen molar-refractivity contribution in [3.63, 3.8) is 0 Å². The van der Waals surface area contributed by atoms with E-state index in [0.717, 1.165) is 5.69 Å². The molecule has 2 rings (SSSR count). The molecular formula is C11H13N5O2. The van der Waals surface area contributed by atoms with Crippen molar-refractivity contribution in [2.45, 2.75) is 6.54 Å². The Labute approximate surface area is 104 Å². The van der Waals surface area contributed by atoms with Crippen LogP contribution in [0.5, 0.6) is 11.8 Å². The minimum absolute atomic E-state index is 0.421. The van der Waals surface area contributed by atoms with E-state index in [1.165, 1.54) is 20.5 Å². The monoisotopic (exact) mass is 247 g/mol. The number of ether oxygens (including phenoxy) is 2. The highest BCUT2D eigenvalue weighted by Gasteiger charge is 2.05. The number of hydrogen-bond acceptors (Lipinski definition) is 7. The second-order valence-corrected chi connectivity index (χ2v) is 3.33. The first-order chi connectivity index (χ1) is 8.81. The van der Waals surface area contributed by atoms with Gasteiger partial charge in [-0.25, -0.2) is 9.97 Å². The predicted molar refractivity (Wildman–Crippen MR) is 64.5 cm³/mol. The molecule has 2 aromatic rings. The van der Waals surface area contributed by atoms with Crippen molar-refractivity contribution in [2.75, 3.05) is 19.5 Å². The van der Waals surface area contributed by atoms with E-state index in [0.29, 0.717) is 24.3 Å². The molecule has 0 saturated carbocycles. The summed E-state index contributed by atoms with van der Waals surface area (Å²) in [5.74, 6) is 1.30. The van der Waals surface area contributed by atoms with Crippen LogP contribution >= 0.6 is 0 Å². The van der Waals surface area contributed by atoms with Crippen LogP contribution in [0.25, 0.3) is 0 Å². The van der Waals surface area contributed by atoms with Crippen molar-refractivity contribution in [3.8, 4) is 11.8 Å². The molecular weight excluding hydrogens is 234 g/mol. The van der Waals surface area contributed by atoms with E-state index in [-0.39, 0.29) is 0 Å². The Morgan fingerprint density at radius 2 is 1.89 bits per heavy atom. The summed E-state index contributed by atoms with van der Waals surface area (Å²) in [4.78, 5) is 16.2. The molecule has 0 aliphatic rings. The molecule has 2 aromatic heterocycles. The molecule has 0 fully saturated rings. The van der Waals surface area contributed by atoms with E-state index in [1.807, 2.05) is 6.07 Å². The zero-order chi connectivity index (χ0) is 12.8. The van der Waals surface area contributed by atoms with Crippen molar-refractivity contribution >= 4 is 5.95 Å². The summed E-state index contributed by atoms with van der Waals surface area (Å²) in [6, 6.07) is 3.42. The summed E-state index contributed by atoms with van der Waals surface area (Å²) in [6.45, 7) is 0.499. The van der Waals surface area contributed by atoms with Crippen molar-refractivity contribution in [1.29, 1.82) is 0 Å². The minimum Gasteiger partial charge on any atom is -0.481 e. The Balaban J connectivity index is 2.09. The van der Waals surface area contributed by atoms with Crippen LogP contribution in [0.4, 0.5) is 5.95 Å². The summed E-state index contributed by atoms with van der Waals surface area (Å²) in [7, 11) is 3.08. The molecule has 7 nitrogen and oxygen atoms in total. The molecule has 0 spiro atoms. The Bertz CT molecular complexity index is 484. The van der Waals surface area contributed by atoms with Crippen molar-refractivity contribution < 1.29 is 9.47 Å². The highest BCUT2D eigenvalue weighted by molar-refractivity contribution is 5.33. The average molecular weight is 247 g/mol. The predicted octanol–water partition coefficient (Wildman–Crippen LogP) is 0.896. The quantitative estimate of drug-likeness (QED) is 0.840. The lowest BCUT2D eigenvalue weighted by Crippen LogP contribution is -2.06. The maximum absolute atomic E-state index is 5.05. The third kappa shape index (κ3) is 3.03. The van der Waals surface area contributed by atoms with Crippen LogP contribution in [-0.4, -0.2) is 34.2 Å². The molecule has 94 valence electrons. The van der Waals surface area contributed by atoms with Gasteiger partial charge in [-0.15, -0.1) is 0 Å². The van der Waals surface area contributed by atoms with Gasteiger partial charge >= 0.3 is 0 Å². The van der Waals surface area contributed by atoms with Crippen LogP contribution < -0.4 is 14.8 Å². The van der Waals surface area contributed by atoms with Gasteiger partial charge in [0.15, 0.2) is 0 Å². The van der Waals surface area contributed by atoms with Gasteiger partial charge < -0.3 is 14.8 Å². The van der Waals surface area contributed by atoms with E-state index in [4.69, 9.17) is 9.47 Å². The molecule has 0 aliphatic carbocycles. The molecule has 0 atom stereocenters. The normalized spacial score (nSPS) is 9.89. The van der Waals surface area contributed by atoms with Crippen LogP contribution in [0.15, 0.2) is 24.7 Å². The van der Waals surface area contributed by atoms with Gasteiger partial charge in [-0.05, 0) is 6.07 Å². The third-order valence-electron chi connectivity index (χ3n) is 2.17. The first-order valence-corrected chi connectivity index (χ1v) is 5.27. The first kappa shape index (κ1) is 12.0. The van der Waals surface area contributed by atoms with Gasteiger partial charge in [-0.3, -0.25) is 0 Å². The van der Waals surface area contributed by atoms with Crippen molar-refractivity contribution in [3.05, 3.63) is 30.4 Å². The lowest BCUT2D eigenvalue weighted by molar-refractivity contribution is 0.373. The standard InChI is InChI=1S/C11H13N5O2/c1-17-9-5-10(18-2)16-11(15-9)13-6-8-3-4-12-7-14-8/h3-5,7H,6H2,1-2H3,(H,13,15,16). The van der Waals surface area contributed by atoms with Crippen LogP contribution in [0.3, 0.4) is 0 Å². The van der Waals surface area contributed by atoms with Gasteiger partial charge in [0.1, 0.15) is 6.33 Å². The van der Waals surface area contributed by atoms with E-state index < -0.39 is 0 Å². The fourth-order valence-electron chi connectivity index (χ4n) is 1.28. The summed E-state index contributed by atoms with van der Waals surface area (Å²) in [6.07, 6.45) is 3.17. The molecule has 0 unspecified atom stereocenters. The van der Waals surface area contributed by atoms with Crippen LogP contribution in [-0.2, 0) is 6.54 Å². The fraction of sp³-hybridized carbons (Fsp3) is 0.273. The zero-order valence-corrected chi connectivity index (χ0v) is 10.1. The molecule has 0 bridgehead atoms. The lowest BCUT2D eigenvalue weighted by atomic mass is 10.4. The number of nitrogens with zero attached hydrogens (tertiary/aromatic N) is 4. The number of hydrogen-bond donors (Lipinski definition) is 1. The van der Waals surface area contributed by atoms with Crippen molar-refractivity contribution in [1.82, 2.24) is 19.9 Å². The Kier molecular flexibility index (Phi) is 3.85. The van der Waals surface area contributed by atoms with E-state index in [1.54, 1.807) is 12.3 Å². The topological polar surface area (TPSA) is 82.0 Å². The number of methoxy groups -OCH3 is 2. The summed E-state index contributed by atoms with van der Waals surface area (Å²) >= 11 is 0. The van der Waals surface area contributed by atoms with Gasteiger partial charge in [-0.2, -0.15) is 9.97 Å². The molecule has 0 amide bonds. The van der Waals surface area contributed by atoms with Crippen LogP contribution in [0.2, 0.25) is 0 Å². The summed E-state index contributed by atoms with van der Waals surface area (Å²) in [5.41, 5.74) is 0.843. The SMILES string of the molecule is COc1cc(OC)nc(NCc2ccncn2)n1. The van der Waals surface area contributed by atoms with E-state index >= 15 is 0 Å². The molecule has 2 heterocycles. The second-order valence-electron chi connectivity index (χ2n) is 3.33. The maximum Gasteiger partial charge on any atom is 0.229 e. The molecule has 0 saturated heterocycles. The van der Waals surface area contributed by atoms with Crippen molar-refractivity contribution in [2.24, 2.45) is 0 Å². The number of aromatic nitrogens is 4. The molecule has 0 radical (unpaired) electrons. The molecule has 7 heteroatoms. The first-order valence-electron chi connectivity index (χ1n) is 5.27. The molecule has 18 heavy (non-hydrogen) atoms. The van der Waals surface area contributed by atoms with Gasteiger partial charge in [0.25, 0.3) is 0 Å². The van der Waals surface area contributed by atoms with Gasteiger partial charge in [0, 0.05) is 6.20 Å². The minimum atomic E-state index is 0.421. The highest BCUT2D eigenvalue weighted by Crippen LogP contribution is 2.17. The average Bonchev–Trinajstić information content (AvgIpc) is 2.45. The Morgan fingerprint density at radius 1 is 1.17 bits per heavy atom. The van der Waals surface area contributed by atoms with Gasteiger partial charge in [-0.1, -0.05) is 0 Å². The van der Waals surface area contributed by atoms with E-state index in [2.05, 4.69) is 25.3 Å². The zero-order valence-electron chi connectivity index (χ0n) is 10.1. The smallest absolute Gasteiger partial charge is 0.229 e.